The molecule has 35 heavy (non-hydrogen) atoms. The van der Waals surface area contributed by atoms with Gasteiger partial charge in [-0.3, -0.25) is 9.59 Å². The first-order valence-electron chi connectivity index (χ1n) is 12.3. The predicted octanol–water partition coefficient (Wildman–Crippen LogP) is 6.63. The Morgan fingerprint density at radius 1 is 1.29 bits per heavy atom. The van der Waals surface area contributed by atoms with Crippen molar-refractivity contribution in [1.82, 2.24) is 5.32 Å². The molecule has 1 aromatic rings. The van der Waals surface area contributed by atoms with Crippen LogP contribution in [0.1, 0.15) is 75.1 Å². The maximum atomic E-state index is 14.7. The van der Waals surface area contributed by atoms with Gasteiger partial charge in [0.1, 0.15) is 17.8 Å². The molecule has 0 radical (unpaired) electrons. The van der Waals surface area contributed by atoms with Gasteiger partial charge in [0.2, 0.25) is 0 Å². The lowest BCUT2D eigenvalue weighted by atomic mass is 9.73. The van der Waals surface area contributed by atoms with Crippen molar-refractivity contribution < 1.29 is 18.4 Å². The lowest BCUT2D eigenvalue weighted by molar-refractivity contribution is -0.124. The van der Waals surface area contributed by atoms with E-state index in [0.717, 1.165) is 28.7 Å². The fourth-order valence-corrected chi connectivity index (χ4v) is 6.07. The Morgan fingerprint density at radius 3 is 2.71 bits per heavy atom. The highest BCUT2D eigenvalue weighted by Gasteiger charge is 2.48. The van der Waals surface area contributed by atoms with Gasteiger partial charge >= 0.3 is 0 Å². The molecule has 0 heterocycles. The fraction of sp³-hybridized carbons (Fsp3) is 0.400. The number of nitrogens with one attached hydrogen (secondary N) is 1. The number of carbonyl (C=O) groups excluding carboxylic acids is 2. The second kappa shape index (κ2) is 8.25. The highest BCUT2D eigenvalue weighted by atomic mass is 19.1. The van der Waals surface area contributed by atoms with Gasteiger partial charge in [0.15, 0.2) is 0 Å². The van der Waals surface area contributed by atoms with Crippen molar-refractivity contribution in [3.05, 3.63) is 81.9 Å². The number of allylic oxidation sites excluding steroid dienone is 5. The first-order valence-corrected chi connectivity index (χ1v) is 12.3. The molecule has 3 nitrogen and oxygen atoms in total. The Hall–Kier alpha value is -3.08. The molecule has 0 fully saturated rings. The van der Waals surface area contributed by atoms with Crippen LogP contribution in [0.25, 0.3) is 11.6 Å². The average Bonchev–Trinajstić information content (AvgIpc) is 3.50. The molecule has 0 aromatic heterocycles. The topological polar surface area (TPSA) is 46.2 Å². The molecule has 3 unspecified atom stereocenters. The monoisotopic (exact) mass is 475 g/mol. The van der Waals surface area contributed by atoms with Gasteiger partial charge in [0.25, 0.3) is 5.91 Å². The summed E-state index contributed by atoms with van der Waals surface area (Å²) in [5, 5.41) is 2.97. The number of amides is 1. The van der Waals surface area contributed by atoms with E-state index in [1.165, 1.54) is 6.92 Å². The van der Waals surface area contributed by atoms with Crippen molar-refractivity contribution in [2.45, 2.75) is 64.5 Å². The summed E-state index contributed by atoms with van der Waals surface area (Å²) < 4.78 is 29.2. The molecule has 5 heteroatoms. The number of rotatable bonds is 4. The van der Waals surface area contributed by atoms with Crippen LogP contribution in [0, 0.1) is 11.8 Å². The Balaban J connectivity index is 1.45. The number of hydrogen-bond donors (Lipinski definition) is 1. The molecular formula is C30H31F2NO2. The number of benzene rings is 1. The molecule has 0 saturated heterocycles. The SMILES string of the molecule is C=C1C(NC(=O)C2=CCC=C2)=Cc2cc3c(cc21)C(C[C@@H]1CC(F)=C(C)C(F)C1C)C(=O)C3(C)C. The predicted molar refractivity (Wildman–Crippen MR) is 135 cm³/mol. The molecule has 1 amide bonds. The molecule has 0 saturated carbocycles. The number of alkyl halides is 1. The highest BCUT2D eigenvalue weighted by Crippen LogP contribution is 2.51. The lowest BCUT2D eigenvalue weighted by Gasteiger charge is -2.33. The van der Waals surface area contributed by atoms with E-state index >= 15 is 0 Å². The normalized spacial score (nSPS) is 28.7. The zero-order valence-corrected chi connectivity index (χ0v) is 20.7. The van der Waals surface area contributed by atoms with Crippen LogP contribution in [0.5, 0.6) is 0 Å². The van der Waals surface area contributed by atoms with Gasteiger partial charge < -0.3 is 5.32 Å². The van der Waals surface area contributed by atoms with Crippen LogP contribution in [0.15, 0.2) is 59.6 Å². The summed E-state index contributed by atoms with van der Waals surface area (Å²) >= 11 is 0. The third kappa shape index (κ3) is 3.67. The van der Waals surface area contributed by atoms with Crippen molar-refractivity contribution >= 4 is 23.3 Å². The fourth-order valence-electron chi connectivity index (χ4n) is 6.07. The number of ketones is 1. The molecule has 182 valence electrons. The third-order valence-electron chi connectivity index (χ3n) is 8.46. The summed E-state index contributed by atoms with van der Waals surface area (Å²) in [7, 11) is 0. The summed E-state index contributed by atoms with van der Waals surface area (Å²) in [5.41, 5.74) is 5.13. The molecule has 5 rings (SSSR count). The van der Waals surface area contributed by atoms with Crippen LogP contribution in [0.4, 0.5) is 8.78 Å². The molecule has 0 aliphatic heterocycles. The lowest BCUT2D eigenvalue weighted by Crippen LogP contribution is -2.32. The van der Waals surface area contributed by atoms with E-state index in [9.17, 15) is 18.4 Å². The first kappa shape index (κ1) is 23.7. The largest absolute Gasteiger partial charge is 0.321 e. The molecule has 4 aliphatic carbocycles. The molecule has 1 N–H and O–H groups in total. The van der Waals surface area contributed by atoms with Crippen molar-refractivity contribution in [3.8, 4) is 0 Å². The van der Waals surface area contributed by atoms with Gasteiger partial charge in [-0.05, 0) is 97.1 Å². The van der Waals surface area contributed by atoms with Gasteiger partial charge in [-0.2, -0.15) is 0 Å². The number of Topliss-reactive ketones (excluding diaryl/α,β-unsaturated/α-hetero) is 1. The summed E-state index contributed by atoms with van der Waals surface area (Å²) in [6.07, 6.45) is 7.55. The highest BCUT2D eigenvalue weighted by molar-refractivity contribution is 6.05. The molecule has 0 bridgehead atoms. The minimum Gasteiger partial charge on any atom is -0.321 e. The van der Waals surface area contributed by atoms with Crippen molar-refractivity contribution in [2.24, 2.45) is 11.8 Å². The third-order valence-corrected chi connectivity index (χ3v) is 8.46. The van der Waals surface area contributed by atoms with Crippen LogP contribution in [0.3, 0.4) is 0 Å². The van der Waals surface area contributed by atoms with Crippen LogP contribution < -0.4 is 5.32 Å². The van der Waals surface area contributed by atoms with Crippen LogP contribution in [-0.4, -0.2) is 17.9 Å². The molecule has 1 aromatic carbocycles. The number of fused-ring (bicyclic) bond motifs is 2. The number of halogens is 2. The smallest absolute Gasteiger partial charge is 0.255 e. The van der Waals surface area contributed by atoms with E-state index in [2.05, 4.69) is 11.9 Å². The van der Waals surface area contributed by atoms with Gasteiger partial charge in [-0.25, -0.2) is 8.78 Å². The van der Waals surface area contributed by atoms with Gasteiger partial charge in [0.05, 0.1) is 0 Å². The standard InChI is InChI=1S/C30H31F2NO2/c1-15-19(12-25(31)17(3)27(15)32)10-23-22-14-21-16(2)26(33-29(35)18-8-6-7-9-18)13-20(21)11-24(22)30(4,5)28(23)34/h6,8-9,11,13-15,19,23,27H,2,7,10,12H2,1,3-5H3,(H,33,35)/t15?,19-,23?,27?/m1/s1. The summed E-state index contributed by atoms with van der Waals surface area (Å²) in [5.74, 6) is -1.48. The van der Waals surface area contributed by atoms with Gasteiger partial charge in [-0.15, -0.1) is 0 Å². The van der Waals surface area contributed by atoms with E-state index in [4.69, 9.17) is 0 Å². The number of hydrogen-bond acceptors (Lipinski definition) is 2. The van der Waals surface area contributed by atoms with Crippen molar-refractivity contribution in [3.63, 3.8) is 0 Å². The second-order valence-electron chi connectivity index (χ2n) is 10.9. The van der Waals surface area contributed by atoms with Crippen molar-refractivity contribution in [2.75, 3.05) is 0 Å². The maximum Gasteiger partial charge on any atom is 0.255 e. The van der Waals surface area contributed by atoms with E-state index in [1.807, 2.05) is 57.2 Å². The van der Waals surface area contributed by atoms with Gasteiger partial charge in [-0.1, -0.05) is 31.7 Å². The molecule has 4 atom stereocenters. The Morgan fingerprint density at radius 2 is 2.03 bits per heavy atom. The average molecular weight is 476 g/mol. The van der Waals surface area contributed by atoms with Gasteiger partial charge in [0, 0.05) is 29.0 Å². The van der Waals surface area contributed by atoms with Crippen LogP contribution >= 0.6 is 0 Å². The Bertz CT molecular complexity index is 1290. The maximum absolute atomic E-state index is 14.7. The summed E-state index contributed by atoms with van der Waals surface area (Å²) in [6.45, 7) is 11.4. The second-order valence-corrected chi connectivity index (χ2v) is 10.9. The summed E-state index contributed by atoms with van der Waals surface area (Å²) in [6, 6.07) is 4.03. The van der Waals surface area contributed by atoms with Crippen molar-refractivity contribution in [1.29, 1.82) is 0 Å². The minimum absolute atomic E-state index is 0.0912. The van der Waals surface area contributed by atoms with E-state index in [-0.39, 0.29) is 41.3 Å². The minimum atomic E-state index is -1.32. The quantitative estimate of drug-likeness (QED) is 0.531. The first-order chi connectivity index (χ1) is 16.5. The van der Waals surface area contributed by atoms with E-state index in [0.29, 0.717) is 23.3 Å². The Labute approximate surface area is 205 Å². The molecular weight excluding hydrogens is 444 g/mol. The summed E-state index contributed by atoms with van der Waals surface area (Å²) in [4.78, 5) is 26.2. The Kier molecular flexibility index (Phi) is 5.58. The zero-order valence-electron chi connectivity index (χ0n) is 20.7. The molecule has 4 aliphatic rings. The molecule has 0 spiro atoms. The van der Waals surface area contributed by atoms with E-state index in [1.54, 1.807) is 0 Å². The number of carbonyl (C=O) groups is 2. The zero-order chi connectivity index (χ0) is 25.2. The van der Waals surface area contributed by atoms with E-state index < -0.39 is 17.5 Å². The van der Waals surface area contributed by atoms with Crippen LogP contribution in [-0.2, 0) is 15.0 Å². The van der Waals surface area contributed by atoms with Crippen LogP contribution in [0.2, 0.25) is 0 Å².